The number of amides is 1. The van der Waals surface area contributed by atoms with Crippen molar-refractivity contribution in [1.29, 1.82) is 0 Å². The maximum absolute atomic E-state index is 11.4. The van der Waals surface area contributed by atoms with E-state index in [1.165, 1.54) is 5.56 Å². The first-order valence-electron chi connectivity index (χ1n) is 6.72. The van der Waals surface area contributed by atoms with E-state index in [1.807, 2.05) is 18.2 Å². The van der Waals surface area contributed by atoms with Crippen LogP contribution in [0, 0.1) is 0 Å². The maximum atomic E-state index is 11.4. The van der Waals surface area contributed by atoms with Crippen molar-refractivity contribution < 1.29 is 14.6 Å². The Labute approximate surface area is 114 Å². The number of hydrogen-bond donors (Lipinski definition) is 1. The zero-order chi connectivity index (χ0) is 13.8. The smallest absolute Gasteiger partial charge is 0.225 e. The summed E-state index contributed by atoms with van der Waals surface area (Å²) in [5.41, 5.74) is 2.18. The van der Waals surface area contributed by atoms with Gasteiger partial charge in [0.25, 0.3) is 0 Å². The van der Waals surface area contributed by atoms with E-state index in [0.29, 0.717) is 13.0 Å². The molecule has 0 heterocycles. The SMILES string of the molecule is CN(C)C(=O)CCOc1ccc2c(c1)[C@H](O)CCC2. The molecule has 0 spiro atoms. The van der Waals surface area contributed by atoms with E-state index in [9.17, 15) is 9.90 Å². The molecule has 0 fully saturated rings. The molecule has 0 bridgehead atoms. The molecule has 1 N–H and O–H groups in total. The van der Waals surface area contributed by atoms with Gasteiger partial charge in [0.1, 0.15) is 5.75 Å². The Bertz CT molecular complexity index is 457. The predicted molar refractivity (Wildman–Crippen MR) is 73.1 cm³/mol. The first kappa shape index (κ1) is 13.9. The van der Waals surface area contributed by atoms with Gasteiger partial charge in [0, 0.05) is 14.1 Å². The summed E-state index contributed by atoms with van der Waals surface area (Å²) in [5.74, 6) is 0.782. The fourth-order valence-corrected chi connectivity index (χ4v) is 2.32. The summed E-state index contributed by atoms with van der Waals surface area (Å²) >= 11 is 0. The number of aryl methyl sites for hydroxylation is 1. The average Bonchev–Trinajstić information content (AvgIpc) is 2.39. The van der Waals surface area contributed by atoms with Gasteiger partial charge in [-0.25, -0.2) is 0 Å². The molecule has 1 aromatic rings. The van der Waals surface area contributed by atoms with Gasteiger partial charge in [-0.2, -0.15) is 0 Å². The number of carbonyl (C=O) groups is 1. The number of carbonyl (C=O) groups excluding carboxylic acids is 1. The van der Waals surface area contributed by atoms with E-state index in [4.69, 9.17) is 4.74 Å². The Morgan fingerprint density at radius 3 is 3.00 bits per heavy atom. The lowest BCUT2D eigenvalue weighted by atomic mass is 9.89. The Balaban J connectivity index is 1.95. The second-order valence-electron chi connectivity index (χ2n) is 5.16. The third-order valence-electron chi connectivity index (χ3n) is 3.48. The summed E-state index contributed by atoms with van der Waals surface area (Å²) < 4.78 is 5.58. The van der Waals surface area contributed by atoms with Crippen LogP contribution in [0.15, 0.2) is 18.2 Å². The molecule has 1 atom stereocenters. The lowest BCUT2D eigenvalue weighted by Gasteiger charge is -2.22. The van der Waals surface area contributed by atoms with Crippen LogP contribution in [-0.2, 0) is 11.2 Å². The van der Waals surface area contributed by atoms with E-state index in [0.717, 1.165) is 30.6 Å². The van der Waals surface area contributed by atoms with Gasteiger partial charge < -0.3 is 14.7 Å². The lowest BCUT2D eigenvalue weighted by Crippen LogP contribution is -2.23. The van der Waals surface area contributed by atoms with Crippen LogP contribution >= 0.6 is 0 Å². The van der Waals surface area contributed by atoms with E-state index < -0.39 is 0 Å². The number of hydrogen-bond acceptors (Lipinski definition) is 3. The normalized spacial score (nSPS) is 17.7. The third-order valence-corrected chi connectivity index (χ3v) is 3.48. The van der Waals surface area contributed by atoms with Crippen molar-refractivity contribution in [3.63, 3.8) is 0 Å². The summed E-state index contributed by atoms with van der Waals surface area (Å²) in [6.45, 7) is 0.367. The van der Waals surface area contributed by atoms with Crippen LogP contribution in [0.5, 0.6) is 5.75 Å². The second kappa shape index (κ2) is 6.06. The zero-order valence-corrected chi connectivity index (χ0v) is 11.6. The molecule has 4 nitrogen and oxygen atoms in total. The predicted octanol–water partition coefficient (Wildman–Crippen LogP) is 1.91. The Morgan fingerprint density at radius 2 is 2.26 bits per heavy atom. The molecule has 0 unspecified atom stereocenters. The fraction of sp³-hybridized carbons (Fsp3) is 0.533. The highest BCUT2D eigenvalue weighted by atomic mass is 16.5. The van der Waals surface area contributed by atoms with E-state index in [2.05, 4.69) is 0 Å². The minimum Gasteiger partial charge on any atom is -0.493 e. The van der Waals surface area contributed by atoms with E-state index in [1.54, 1.807) is 19.0 Å². The van der Waals surface area contributed by atoms with Crippen molar-refractivity contribution in [2.24, 2.45) is 0 Å². The van der Waals surface area contributed by atoms with Crippen molar-refractivity contribution in [2.45, 2.75) is 31.8 Å². The Kier molecular flexibility index (Phi) is 4.43. The van der Waals surface area contributed by atoms with Crippen LogP contribution in [0.1, 0.15) is 36.5 Å². The zero-order valence-electron chi connectivity index (χ0n) is 11.6. The lowest BCUT2D eigenvalue weighted by molar-refractivity contribution is -0.129. The van der Waals surface area contributed by atoms with Gasteiger partial charge in [-0.15, -0.1) is 0 Å². The molecule has 0 aliphatic heterocycles. The number of aliphatic hydroxyl groups excluding tert-OH is 1. The molecule has 0 aromatic heterocycles. The number of nitrogens with zero attached hydrogens (tertiary/aromatic N) is 1. The third kappa shape index (κ3) is 3.47. The first-order chi connectivity index (χ1) is 9.08. The Hall–Kier alpha value is -1.55. The van der Waals surface area contributed by atoms with E-state index in [-0.39, 0.29) is 12.0 Å². The molecule has 19 heavy (non-hydrogen) atoms. The van der Waals surface area contributed by atoms with Crippen LogP contribution in [0.3, 0.4) is 0 Å². The highest BCUT2D eigenvalue weighted by Crippen LogP contribution is 2.32. The molecule has 104 valence electrons. The summed E-state index contributed by atoms with van der Waals surface area (Å²) in [6, 6.07) is 5.83. The molecule has 0 saturated carbocycles. The largest absolute Gasteiger partial charge is 0.493 e. The molecular formula is C15H21NO3. The van der Waals surface area contributed by atoms with Crippen molar-refractivity contribution in [1.82, 2.24) is 4.90 Å². The minimum atomic E-state index is -0.379. The van der Waals surface area contributed by atoms with Gasteiger partial charge in [0.15, 0.2) is 0 Å². The van der Waals surface area contributed by atoms with Gasteiger partial charge in [0.2, 0.25) is 5.91 Å². The number of benzene rings is 1. The van der Waals surface area contributed by atoms with Gasteiger partial charge in [-0.3, -0.25) is 4.79 Å². The summed E-state index contributed by atoms with van der Waals surface area (Å²) in [4.78, 5) is 13.0. The summed E-state index contributed by atoms with van der Waals surface area (Å²) in [5, 5.41) is 9.96. The molecule has 0 radical (unpaired) electrons. The topological polar surface area (TPSA) is 49.8 Å². The molecule has 1 aliphatic carbocycles. The molecule has 1 aliphatic rings. The molecule has 4 heteroatoms. The van der Waals surface area contributed by atoms with Crippen molar-refractivity contribution in [3.05, 3.63) is 29.3 Å². The second-order valence-corrected chi connectivity index (χ2v) is 5.16. The number of aliphatic hydroxyl groups is 1. The monoisotopic (exact) mass is 263 g/mol. The Morgan fingerprint density at radius 1 is 1.47 bits per heavy atom. The highest BCUT2D eigenvalue weighted by Gasteiger charge is 2.18. The van der Waals surface area contributed by atoms with Crippen LogP contribution < -0.4 is 4.74 Å². The fourth-order valence-electron chi connectivity index (χ4n) is 2.32. The molecular weight excluding hydrogens is 242 g/mol. The number of ether oxygens (including phenoxy) is 1. The molecule has 2 rings (SSSR count). The van der Waals surface area contributed by atoms with Crippen molar-refractivity contribution in [2.75, 3.05) is 20.7 Å². The number of rotatable bonds is 4. The van der Waals surface area contributed by atoms with Gasteiger partial charge in [-0.05, 0) is 42.5 Å². The van der Waals surface area contributed by atoms with Crippen molar-refractivity contribution in [3.8, 4) is 5.75 Å². The number of fused-ring (bicyclic) bond motifs is 1. The minimum absolute atomic E-state index is 0.0537. The van der Waals surface area contributed by atoms with Crippen LogP contribution in [0.2, 0.25) is 0 Å². The molecule has 1 amide bonds. The molecule has 0 saturated heterocycles. The average molecular weight is 263 g/mol. The van der Waals surface area contributed by atoms with Gasteiger partial charge in [0.05, 0.1) is 19.1 Å². The van der Waals surface area contributed by atoms with Crippen LogP contribution in [0.4, 0.5) is 0 Å². The standard InChI is InChI=1S/C15H21NO3/c1-16(2)15(18)8-9-19-12-7-6-11-4-3-5-14(17)13(11)10-12/h6-7,10,14,17H,3-5,8-9H2,1-2H3/t14-/m1/s1. The quantitative estimate of drug-likeness (QED) is 0.902. The summed E-state index contributed by atoms with van der Waals surface area (Å²) in [6.07, 6.45) is 2.86. The maximum Gasteiger partial charge on any atom is 0.225 e. The summed E-state index contributed by atoms with van der Waals surface area (Å²) in [7, 11) is 3.47. The van der Waals surface area contributed by atoms with Gasteiger partial charge >= 0.3 is 0 Å². The van der Waals surface area contributed by atoms with Gasteiger partial charge in [-0.1, -0.05) is 6.07 Å². The highest BCUT2D eigenvalue weighted by molar-refractivity contribution is 5.75. The van der Waals surface area contributed by atoms with Crippen LogP contribution in [0.25, 0.3) is 0 Å². The van der Waals surface area contributed by atoms with Crippen molar-refractivity contribution >= 4 is 5.91 Å². The molecule has 1 aromatic carbocycles. The van der Waals surface area contributed by atoms with E-state index >= 15 is 0 Å². The van der Waals surface area contributed by atoms with Crippen LogP contribution in [-0.4, -0.2) is 36.6 Å². The first-order valence-corrected chi connectivity index (χ1v) is 6.72.